The predicted molar refractivity (Wildman–Crippen MR) is 86.5 cm³/mol. The number of amides is 2. The minimum Gasteiger partial charge on any atom is -0.365 e. The van der Waals surface area contributed by atoms with Gasteiger partial charge in [0, 0.05) is 17.8 Å². The third kappa shape index (κ3) is 3.59. The first-order valence-electron chi connectivity index (χ1n) is 7.76. The number of rotatable bonds is 6. The van der Waals surface area contributed by atoms with Crippen molar-refractivity contribution in [1.29, 1.82) is 0 Å². The summed E-state index contributed by atoms with van der Waals surface area (Å²) in [6.07, 6.45) is 3.88. The topological polar surface area (TPSA) is 90.0 Å². The molecule has 0 unspecified atom stereocenters. The van der Waals surface area contributed by atoms with Crippen LogP contribution in [-0.2, 0) is 11.3 Å². The van der Waals surface area contributed by atoms with Crippen molar-refractivity contribution >= 4 is 11.8 Å². The maximum Gasteiger partial charge on any atom is 0.252 e. The van der Waals surface area contributed by atoms with E-state index in [4.69, 9.17) is 5.73 Å². The molecule has 6 heteroatoms. The second kappa shape index (κ2) is 6.24. The van der Waals surface area contributed by atoms with Crippen LogP contribution in [0.3, 0.4) is 0 Å². The molecule has 0 bridgehead atoms. The van der Waals surface area contributed by atoms with Crippen LogP contribution in [0.15, 0.2) is 36.5 Å². The lowest BCUT2D eigenvalue weighted by molar-refractivity contribution is -0.122. The van der Waals surface area contributed by atoms with Crippen molar-refractivity contribution in [2.24, 2.45) is 11.7 Å². The zero-order chi connectivity index (χ0) is 16.4. The molecule has 1 fully saturated rings. The SMILES string of the molecule is C[C@H](NC(=O)Cn1cc(C(N)=O)c(-c2ccccc2)n1)C1CC1. The average Bonchev–Trinajstić information content (AvgIpc) is 3.29. The summed E-state index contributed by atoms with van der Waals surface area (Å²) in [5.41, 5.74) is 7.05. The van der Waals surface area contributed by atoms with Crippen LogP contribution in [0, 0.1) is 5.92 Å². The molecule has 0 saturated heterocycles. The third-order valence-corrected chi connectivity index (χ3v) is 4.10. The van der Waals surface area contributed by atoms with Gasteiger partial charge in [-0.05, 0) is 25.7 Å². The van der Waals surface area contributed by atoms with Gasteiger partial charge in [0.1, 0.15) is 12.2 Å². The van der Waals surface area contributed by atoms with E-state index in [9.17, 15) is 9.59 Å². The van der Waals surface area contributed by atoms with E-state index in [0.717, 1.165) is 5.56 Å². The molecule has 0 spiro atoms. The van der Waals surface area contributed by atoms with Crippen molar-refractivity contribution in [2.75, 3.05) is 0 Å². The fourth-order valence-electron chi connectivity index (χ4n) is 2.65. The molecular formula is C17H20N4O2. The summed E-state index contributed by atoms with van der Waals surface area (Å²) in [5.74, 6) is -0.0676. The van der Waals surface area contributed by atoms with E-state index in [1.165, 1.54) is 23.7 Å². The lowest BCUT2D eigenvalue weighted by atomic mass is 10.1. The van der Waals surface area contributed by atoms with Gasteiger partial charge in [-0.15, -0.1) is 0 Å². The molecule has 1 aromatic carbocycles. The van der Waals surface area contributed by atoms with Gasteiger partial charge in [0.05, 0.1) is 5.56 Å². The van der Waals surface area contributed by atoms with Gasteiger partial charge in [-0.1, -0.05) is 30.3 Å². The number of aromatic nitrogens is 2. The Morgan fingerprint density at radius 3 is 2.65 bits per heavy atom. The van der Waals surface area contributed by atoms with Crippen LogP contribution in [0.2, 0.25) is 0 Å². The molecule has 1 aliphatic rings. The van der Waals surface area contributed by atoms with E-state index in [-0.39, 0.29) is 18.5 Å². The van der Waals surface area contributed by atoms with Gasteiger partial charge in [0.2, 0.25) is 5.91 Å². The van der Waals surface area contributed by atoms with Crippen LogP contribution in [-0.4, -0.2) is 27.6 Å². The Balaban J connectivity index is 1.77. The normalized spacial score (nSPS) is 15.2. The zero-order valence-corrected chi connectivity index (χ0v) is 13.0. The van der Waals surface area contributed by atoms with Crippen molar-refractivity contribution in [3.05, 3.63) is 42.1 Å². The number of primary amides is 1. The second-order valence-electron chi connectivity index (χ2n) is 6.01. The first kappa shape index (κ1) is 15.3. The van der Waals surface area contributed by atoms with E-state index in [1.807, 2.05) is 37.3 Å². The van der Waals surface area contributed by atoms with E-state index < -0.39 is 5.91 Å². The van der Waals surface area contributed by atoms with Crippen LogP contribution < -0.4 is 11.1 Å². The molecule has 1 atom stereocenters. The maximum absolute atomic E-state index is 12.1. The second-order valence-corrected chi connectivity index (χ2v) is 6.01. The van der Waals surface area contributed by atoms with Crippen LogP contribution >= 0.6 is 0 Å². The summed E-state index contributed by atoms with van der Waals surface area (Å²) in [6, 6.07) is 9.51. The van der Waals surface area contributed by atoms with Crippen LogP contribution in [0.4, 0.5) is 0 Å². The monoisotopic (exact) mass is 312 g/mol. The molecular weight excluding hydrogens is 292 g/mol. The van der Waals surface area contributed by atoms with Crippen LogP contribution in [0.5, 0.6) is 0 Å². The van der Waals surface area contributed by atoms with E-state index in [1.54, 1.807) is 0 Å². The number of benzene rings is 1. The Bertz CT molecular complexity index is 719. The van der Waals surface area contributed by atoms with Crippen molar-refractivity contribution in [3.8, 4) is 11.3 Å². The number of carbonyl (C=O) groups is 2. The molecule has 0 radical (unpaired) electrons. The lowest BCUT2D eigenvalue weighted by Crippen LogP contribution is -2.36. The molecule has 23 heavy (non-hydrogen) atoms. The van der Waals surface area contributed by atoms with E-state index in [2.05, 4.69) is 10.4 Å². The van der Waals surface area contributed by atoms with Crippen molar-refractivity contribution in [3.63, 3.8) is 0 Å². The molecule has 1 heterocycles. The molecule has 1 aliphatic carbocycles. The largest absolute Gasteiger partial charge is 0.365 e. The Morgan fingerprint density at radius 2 is 2.04 bits per heavy atom. The molecule has 1 aromatic heterocycles. The zero-order valence-electron chi connectivity index (χ0n) is 13.0. The van der Waals surface area contributed by atoms with Crippen molar-refractivity contribution < 1.29 is 9.59 Å². The molecule has 2 aromatic rings. The Kier molecular flexibility index (Phi) is 4.14. The number of hydrogen-bond acceptors (Lipinski definition) is 3. The summed E-state index contributed by atoms with van der Waals surface area (Å²) in [4.78, 5) is 23.7. The van der Waals surface area contributed by atoms with Gasteiger partial charge >= 0.3 is 0 Å². The van der Waals surface area contributed by atoms with Crippen LogP contribution in [0.25, 0.3) is 11.3 Å². The number of nitrogens with two attached hydrogens (primary N) is 1. The molecule has 6 nitrogen and oxygen atoms in total. The summed E-state index contributed by atoms with van der Waals surface area (Å²) in [5, 5.41) is 7.34. The first-order valence-corrected chi connectivity index (χ1v) is 7.76. The Morgan fingerprint density at radius 1 is 1.35 bits per heavy atom. The fourth-order valence-corrected chi connectivity index (χ4v) is 2.65. The summed E-state index contributed by atoms with van der Waals surface area (Å²) >= 11 is 0. The summed E-state index contributed by atoms with van der Waals surface area (Å²) in [6.45, 7) is 2.09. The van der Waals surface area contributed by atoms with Gasteiger partial charge < -0.3 is 11.1 Å². The highest BCUT2D eigenvalue weighted by molar-refractivity contribution is 5.98. The highest BCUT2D eigenvalue weighted by atomic mass is 16.2. The number of carbonyl (C=O) groups excluding carboxylic acids is 2. The molecule has 1 saturated carbocycles. The van der Waals surface area contributed by atoms with Crippen molar-refractivity contribution in [1.82, 2.24) is 15.1 Å². The Labute approximate surface area is 134 Å². The quantitative estimate of drug-likeness (QED) is 0.848. The summed E-state index contributed by atoms with van der Waals surface area (Å²) < 4.78 is 1.47. The predicted octanol–water partition coefficient (Wildman–Crippen LogP) is 1.56. The fraction of sp³-hybridized carbons (Fsp3) is 0.353. The van der Waals surface area contributed by atoms with Gasteiger partial charge in [-0.25, -0.2) is 0 Å². The Hall–Kier alpha value is -2.63. The van der Waals surface area contributed by atoms with E-state index in [0.29, 0.717) is 17.2 Å². The molecule has 3 N–H and O–H groups in total. The minimum absolute atomic E-state index is 0.0736. The maximum atomic E-state index is 12.1. The van der Waals surface area contributed by atoms with Gasteiger partial charge in [-0.2, -0.15) is 5.10 Å². The number of nitrogens with zero attached hydrogens (tertiary/aromatic N) is 2. The van der Waals surface area contributed by atoms with Crippen LogP contribution in [0.1, 0.15) is 30.1 Å². The minimum atomic E-state index is -0.554. The molecule has 0 aliphatic heterocycles. The molecule has 120 valence electrons. The molecule has 3 rings (SSSR count). The first-order chi connectivity index (χ1) is 11.0. The van der Waals surface area contributed by atoms with Gasteiger partial charge in [0.15, 0.2) is 0 Å². The standard InChI is InChI=1S/C17H20N4O2/c1-11(12-7-8-12)19-15(22)10-21-9-14(17(18)23)16(20-21)13-5-3-2-4-6-13/h2-6,9,11-12H,7-8,10H2,1H3,(H2,18,23)(H,19,22)/t11-/m0/s1. The lowest BCUT2D eigenvalue weighted by Gasteiger charge is -2.12. The van der Waals surface area contributed by atoms with E-state index >= 15 is 0 Å². The highest BCUT2D eigenvalue weighted by Crippen LogP contribution is 2.32. The number of hydrogen-bond donors (Lipinski definition) is 2. The van der Waals surface area contributed by atoms with Gasteiger partial charge in [-0.3, -0.25) is 14.3 Å². The molecule has 2 amide bonds. The van der Waals surface area contributed by atoms with Crippen molar-refractivity contribution in [2.45, 2.75) is 32.4 Å². The smallest absolute Gasteiger partial charge is 0.252 e. The average molecular weight is 312 g/mol. The third-order valence-electron chi connectivity index (χ3n) is 4.10. The highest BCUT2D eigenvalue weighted by Gasteiger charge is 2.29. The number of nitrogens with one attached hydrogen (secondary N) is 1. The van der Waals surface area contributed by atoms with Gasteiger partial charge in [0.25, 0.3) is 5.91 Å². The summed E-state index contributed by atoms with van der Waals surface area (Å²) in [7, 11) is 0.